The molecule has 0 aliphatic rings. The second kappa shape index (κ2) is 5.17. The zero-order valence-electron chi connectivity index (χ0n) is 12.1. The molecule has 116 valence electrons. The molecule has 0 aliphatic heterocycles. The Morgan fingerprint density at radius 1 is 1.26 bits per heavy atom. The van der Waals surface area contributed by atoms with E-state index in [1.807, 2.05) is 40.3 Å². The SMILES string of the molecule is Cn1c2ccccc2n2c(SCc3cc(=O)c(O)co3)nnc12. The minimum absolute atomic E-state index is 0.391. The first-order chi connectivity index (χ1) is 11.1. The zero-order valence-corrected chi connectivity index (χ0v) is 12.9. The number of para-hydroxylation sites is 2. The van der Waals surface area contributed by atoms with Crippen LogP contribution in [-0.2, 0) is 12.8 Å². The molecule has 3 heterocycles. The van der Waals surface area contributed by atoms with Gasteiger partial charge in [-0.25, -0.2) is 0 Å². The van der Waals surface area contributed by atoms with Crippen LogP contribution in [0.2, 0.25) is 0 Å². The minimum atomic E-state index is -0.455. The number of aromatic nitrogens is 4. The van der Waals surface area contributed by atoms with Gasteiger partial charge in [0.05, 0.1) is 16.8 Å². The predicted molar refractivity (Wildman–Crippen MR) is 85.7 cm³/mol. The molecule has 1 aromatic carbocycles. The van der Waals surface area contributed by atoms with Crippen LogP contribution in [0.3, 0.4) is 0 Å². The molecule has 8 heteroatoms. The first-order valence-corrected chi connectivity index (χ1v) is 7.86. The predicted octanol–water partition coefficient (Wildman–Crippen LogP) is 2.17. The van der Waals surface area contributed by atoms with Gasteiger partial charge in [-0.1, -0.05) is 23.9 Å². The topological polar surface area (TPSA) is 85.6 Å². The molecule has 23 heavy (non-hydrogen) atoms. The van der Waals surface area contributed by atoms with E-state index in [0.29, 0.717) is 16.7 Å². The molecule has 7 nitrogen and oxygen atoms in total. The molecule has 0 atom stereocenters. The van der Waals surface area contributed by atoms with Crippen LogP contribution in [-0.4, -0.2) is 24.3 Å². The van der Waals surface area contributed by atoms with E-state index in [9.17, 15) is 9.90 Å². The smallest absolute Gasteiger partial charge is 0.236 e. The van der Waals surface area contributed by atoms with Crippen LogP contribution >= 0.6 is 11.8 Å². The van der Waals surface area contributed by atoms with Crippen molar-refractivity contribution in [1.82, 2.24) is 19.2 Å². The van der Waals surface area contributed by atoms with Crippen molar-refractivity contribution in [3.05, 3.63) is 52.6 Å². The van der Waals surface area contributed by atoms with Gasteiger partial charge in [-0.05, 0) is 12.1 Å². The van der Waals surface area contributed by atoms with Crippen molar-refractivity contribution in [1.29, 1.82) is 0 Å². The summed E-state index contributed by atoms with van der Waals surface area (Å²) in [5.74, 6) is 1.24. The van der Waals surface area contributed by atoms with Gasteiger partial charge in [-0.3, -0.25) is 9.20 Å². The van der Waals surface area contributed by atoms with Gasteiger partial charge in [-0.15, -0.1) is 10.2 Å². The maximum atomic E-state index is 11.4. The van der Waals surface area contributed by atoms with Gasteiger partial charge in [0.25, 0.3) is 0 Å². The first kappa shape index (κ1) is 13.9. The van der Waals surface area contributed by atoms with Crippen LogP contribution in [0, 0.1) is 0 Å². The fraction of sp³-hybridized carbons (Fsp3) is 0.133. The van der Waals surface area contributed by atoms with Gasteiger partial charge in [0, 0.05) is 13.1 Å². The zero-order chi connectivity index (χ0) is 16.0. The molecule has 0 saturated heterocycles. The van der Waals surface area contributed by atoms with Gasteiger partial charge in [0.15, 0.2) is 10.9 Å². The highest BCUT2D eigenvalue weighted by Gasteiger charge is 2.15. The fourth-order valence-corrected chi connectivity index (χ4v) is 3.31. The Balaban J connectivity index is 1.73. The van der Waals surface area contributed by atoms with E-state index in [4.69, 9.17) is 4.42 Å². The quantitative estimate of drug-likeness (QED) is 0.580. The molecule has 0 fully saturated rings. The largest absolute Gasteiger partial charge is 0.502 e. The molecular formula is C15H12N4O3S. The summed E-state index contributed by atoms with van der Waals surface area (Å²) in [6.45, 7) is 0. The number of aryl methyl sites for hydroxylation is 1. The van der Waals surface area contributed by atoms with Gasteiger partial charge in [0.2, 0.25) is 11.2 Å². The lowest BCUT2D eigenvalue weighted by molar-refractivity contribution is 0.419. The number of hydrogen-bond acceptors (Lipinski definition) is 6. The molecule has 4 aromatic rings. The van der Waals surface area contributed by atoms with Crippen LogP contribution in [0.5, 0.6) is 5.75 Å². The molecular weight excluding hydrogens is 316 g/mol. The number of fused-ring (bicyclic) bond motifs is 3. The highest BCUT2D eigenvalue weighted by atomic mass is 32.2. The van der Waals surface area contributed by atoms with Gasteiger partial charge < -0.3 is 14.1 Å². The Morgan fingerprint density at radius 3 is 2.83 bits per heavy atom. The highest BCUT2D eigenvalue weighted by Crippen LogP contribution is 2.26. The van der Waals surface area contributed by atoms with E-state index in [0.717, 1.165) is 23.1 Å². The standard InChI is InChI=1S/C15H12N4O3S/c1-18-10-4-2-3-5-11(10)19-14(18)16-17-15(19)23-8-9-6-12(20)13(21)7-22-9/h2-7,21H,8H2,1H3. The second-order valence-corrected chi connectivity index (χ2v) is 5.99. The number of aromatic hydroxyl groups is 1. The lowest BCUT2D eigenvalue weighted by atomic mass is 10.3. The van der Waals surface area contributed by atoms with Crippen LogP contribution in [0.1, 0.15) is 5.76 Å². The molecule has 0 saturated carbocycles. The summed E-state index contributed by atoms with van der Waals surface area (Å²) < 4.78 is 9.16. The maximum absolute atomic E-state index is 11.4. The van der Waals surface area contributed by atoms with Crippen LogP contribution in [0.25, 0.3) is 16.8 Å². The Labute approximate surface area is 134 Å². The summed E-state index contributed by atoms with van der Waals surface area (Å²) in [6, 6.07) is 9.26. The first-order valence-electron chi connectivity index (χ1n) is 6.87. The van der Waals surface area contributed by atoms with Gasteiger partial charge in [-0.2, -0.15) is 0 Å². The molecule has 4 rings (SSSR count). The number of thioether (sulfide) groups is 1. The van der Waals surface area contributed by atoms with Gasteiger partial charge >= 0.3 is 0 Å². The summed E-state index contributed by atoms with van der Waals surface area (Å²) >= 11 is 1.41. The highest BCUT2D eigenvalue weighted by molar-refractivity contribution is 7.98. The van der Waals surface area contributed by atoms with Crippen molar-refractivity contribution < 1.29 is 9.52 Å². The molecule has 0 radical (unpaired) electrons. The van der Waals surface area contributed by atoms with Crippen molar-refractivity contribution in [3.63, 3.8) is 0 Å². The summed E-state index contributed by atoms with van der Waals surface area (Å²) in [4.78, 5) is 11.4. The Morgan fingerprint density at radius 2 is 2.04 bits per heavy atom. The van der Waals surface area contributed by atoms with Crippen LogP contribution < -0.4 is 5.43 Å². The molecule has 3 aromatic heterocycles. The third-order valence-corrected chi connectivity index (χ3v) is 4.56. The molecule has 0 aliphatic carbocycles. The number of benzene rings is 1. The van der Waals surface area contributed by atoms with E-state index < -0.39 is 11.2 Å². The summed E-state index contributed by atoms with van der Waals surface area (Å²) in [5, 5.41) is 18.4. The van der Waals surface area contributed by atoms with Crippen molar-refractivity contribution in [2.24, 2.45) is 7.05 Å². The second-order valence-electron chi connectivity index (χ2n) is 5.05. The Kier molecular flexibility index (Phi) is 3.12. The lowest BCUT2D eigenvalue weighted by Gasteiger charge is -1.99. The summed E-state index contributed by atoms with van der Waals surface area (Å²) in [6.07, 6.45) is 1.05. The molecule has 0 bridgehead atoms. The van der Waals surface area contributed by atoms with Crippen molar-refractivity contribution in [3.8, 4) is 5.75 Å². The van der Waals surface area contributed by atoms with Crippen LogP contribution in [0.15, 0.2) is 51.0 Å². The van der Waals surface area contributed by atoms with E-state index in [-0.39, 0.29) is 0 Å². The molecule has 0 spiro atoms. The van der Waals surface area contributed by atoms with Crippen LogP contribution in [0.4, 0.5) is 0 Å². The number of rotatable bonds is 3. The summed E-state index contributed by atoms with van der Waals surface area (Å²) in [5.41, 5.74) is 1.63. The number of nitrogens with zero attached hydrogens (tertiary/aromatic N) is 4. The molecule has 0 unspecified atom stereocenters. The Bertz CT molecular complexity index is 1080. The lowest BCUT2D eigenvalue weighted by Crippen LogP contribution is -1.99. The molecule has 0 amide bonds. The Hall–Kier alpha value is -2.74. The van der Waals surface area contributed by atoms with E-state index >= 15 is 0 Å². The fourth-order valence-electron chi connectivity index (χ4n) is 2.48. The monoisotopic (exact) mass is 328 g/mol. The minimum Gasteiger partial charge on any atom is -0.502 e. The van der Waals surface area contributed by atoms with Crippen molar-refractivity contribution in [2.45, 2.75) is 10.9 Å². The number of hydrogen-bond donors (Lipinski definition) is 1. The van der Waals surface area contributed by atoms with E-state index in [1.54, 1.807) is 0 Å². The normalized spacial score (nSPS) is 11.5. The third kappa shape index (κ3) is 2.18. The third-order valence-electron chi connectivity index (χ3n) is 3.61. The van der Waals surface area contributed by atoms with Crippen molar-refractivity contribution >= 4 is 28.6 Å². The van der Waals surface area contributed by atoms with E-state index in [2.05, 4.69) is 10.2 Å². The van der Waals surface area contributed by atoms with E-state index in [1.165, 1.54) is 17.8 Å². The summed E-state index contributed by atoms with van der Waals surface area (Å²) in [7, 11) is 1.94. The molecule has 1 N–H and O–H groups in total. The average molecular weight is 328 g/mol. The number of imidazole rings is 1. The van der Waals surface area contributed by atoms with Gasteiger partial charge in [0.1, 0.15) is 12.0 Å². The maximum Gasteiger partial charge on any atom is 0.236 e. The average Bonchev–Trinajstić information content (AvgIpc) is 3.10. The van der Waals surface area contributed by atoms with Crippen molar-refractivity contribution in [2.75, 3.05) is 0 Å².